The molecule has 0 fully saturated rings. The van der Waals surface area contributed by atoms with Crippen molar-refractivity contribution < 1.29 is 4.74 Å². The van der Waals surface area contributed by atoms with Crippen molar-refractivity contribution in [3.05, 3.63) is 16.8 Å². The van der Waals surface area contributed by atoms with Crippen LogP contribution in [-0.2, 0) is 7.05 Å². The molecular formula is C10H15ClN2O. The Labute approximate surface area is 89.3 Å². The number of methoxy groups -OCH3 is 1. The van der Waals surface area contributed by atoms with Gasteiger partial charge in [-0.2, -0.15) is 5.10 Å². The van der Waals surface area contributed by atoms with E-state index in [1.165, 1.54) is 0 Å². The number of aryl methyl sites for hydroxylation is 2. The second-order valence-electron chi connectivity index (χ2n) is 3.26. The zero-order valence-electron chi connectivity index (χ0n) is 8.97. The minimum atomic E-state index is 0.525. The van der Waals surface area contributed by atoms with Crippen molar-refractivity contribution in [2.75, 3.05) is 13.0 Å². The van der Waals surface area contributed by atoms with Crippen LogP contribution in [0.2, 0.25) is 0 Å². The number of nitrogens with zero attached hydrogens (tertiary/aromatic N) is 2. The number of hydrogen-bond acceptors (Lipinski definition) is 2. The second-order valence-corrected chi connectivity index (χ2v) is 3.52. The minimum Gasteiger partial charge on any atom is -0.481 e. The van der Waals surface area contributed by atoms with E-state index in [0.29, 0.717) is 5.88 Å². The summed E-state index contributed by atoms with van der Waals surface area (Å²) in [5.41, 5.74) is 3.06. The smallest absolute Gasteiger partial charge is 0.218 e. The third-order valence-corrected chi connectivity index (χ3v) is 2.43. The Morgan fingerprint density at radius 1 is 1.64 bits per heavy atom. The summed E-state index contributed by atoms with van der Waals surface area (Å²) in [5.74, 6) is 1.30. The molecule has 0 aliphatic carbocycles. The number of rotatable bonds is 3. The predicted octanol–water partition coefficient (Wildman–Crippen LogP) is 2.38. The molecule has 0 aliphatic rings. The maximum Gasteiger partial charge on any atom is 0.218 e. The van der Waals surface area contributed by atoms with Crippen LogP contribution in [0.1, 0.15) is 18.2 Å². The number of halogens is 1. The van der Waals surface area contributed by atoms with Crippen molar-refractivity contribution in [1.29, 1.82) is 0 Å². The fourth-order valence-corrected chi connectivity index (χ4v) is 1.42. The first kappa shape index (κ1) is 11.1. The molecule has 0 amide bonds. The molecule has 0 spiro atoms. The SMILES string of the molecule is COc1c(/C=C(/C)CCl)c(C)nn1C. The van der Waals surface area contributed by atoms with E-state index in [4.69, 9.17) is 16.3 Å². The van der Waals surface area contributed by atoms with Gasteiger partial charge in [-0.05, 0) is 19.9 Å². The second kappa shape index (κ2) is 4.51. The Morgan fingerprint density at radius 2 is 2.29 bits per heavy atom. The van der Waals surface area contributed by atoms with Crippen molar-refractivity contribution >= 4 is 17.7 Å². The molecule has 1 heterocycles. The molecule has 0 N–H and O–H groups in total. The fraction of sp³-hybridized carbons (Fsp3) is 0.500. The van der Waals surface area contributed by atoms with Gasteiger partial charge in [0.05, 0.1) is 18.4 Å². The molecule has 0 bridgehead atoms. The van der Waals surface area contributed by atoms with E-state index in [0.717, 1.165) is 22.7 Å². The first-order valence-corrected chi connectivity index (χ1v) is 4.94. The predicted molar refractivity (Wildman–Crippen MR) is 58.9 cm³/mol. The Balaban J connectivity index is 3.18. The third-order valence-electron chi connectivity index (χ3n) is 2.01. The highest BCUT2D eigenvalue weighted by Gasteiger charge is 2.11. The van der Waals surface area contributed by atoms with Crippen LogP contribution in [0, 0.1) is 6.92 Å². The lowest BCUT2D eigenvalue weighted by Crippen LogP contribution is -1.95. The summed E-state index contributed by atoms with van der Waals surface area (Å²) >= 11 is 5.72. The molecule has 14 heavy (non-hydrogen) atoms. The van der Waals surface area contributed by atoms with Crippen molar-refractivity contribution in [3.8, 4) is 5.88 Å². The summed E-state index contributed by atoms with van der Waals surface area (Å²) in [6.45, 7) is 3.94. The molecule has 1 aromatic heterocycles. The molecule has 0 unspecified atom stereocenters. The van der Waals surface area contributed by atoms with E-state index in [2.05, 4.69) is 5.10 Å². The van der Waals surface area contributed by atoms with Gasteiger partial charge < -0.3 is 4.74 Å². The number of ether oxygens (including phenoxy) is 1. The molecule has 1 aromatic rings. The summed E-state index contributed by atoms with van der Waals surface area (Å²) in [4.78, 5) is 0. The molecule has 0 radical (unpaired) electrons. The average Bonchev–Trinajstić information content (AvgIpc) is 2.41. The third kappa shape index (κ3) is 2.10. The van der Waals surface area contributed by atoms with Gasteiger partial charge in [0.1, 0.15) is 0 Å². The molecule has 0 atom stereocenters. The van der Waals surface area contributed by atoms with E-state index >= 15 is 0 Å². The molecular weight excluding hydrogens is 200 g/mol. The van der Waals surface area contributed by atoms with Gasteiger partial charge in [0.15, 0.2) is 0 Å². The van der Waals surface area contributed by atoms with E-state index in [1.54, 1.807) is 11.8 Å². The number of allylic oxidation sites excluding steroid dienone is 1. The van der Waals surface area contributed by atoms with Gasteiger partial charge >= 0.3 is 0 Å². The Bertz CT molecular complexity index is 355. The molecule has 78 valence electrons. The number of aromatic nitrogens is 2. The van der Waals surface area contributed by atoms with Gasteiger partial charge in [-0.15, -0.1) is 11.6 Å². The van der Waals surface area contributed by atoms with Crippen LogP contribution in [0.25, 0.3) is 6.08 Å². The van der Waals surface area contributed by atoms with Crippen LogP contribution in [0.3, 0.4) is 0 Å². The Morgan fingerprint density at radius 3 is 2.79 bits per heavy atom. The van der Waals surface area contributed by atoms with Gasteiger partial charge in [-0.25, -0.2) is 4.68 Å². The highest BCUT2D eigenvalue weighted by Crippen LogP contribution is 2.23. The lowest BCUT2D eigenvalue weighted by atomic mass is 10.2. The average molecular weight is 215 g/mol. The Hall–Kier alpha value is -0.960. The normalized spacial score (nSPS) is 11.9. The van der Waals surface area contributed by atoms with Crippen LogP contribution < -0.4 is 4.74 Å². The quantitative estimate of drug-likeness (QED) is 0.723. The van der Waals surface area contributed by atoms with Crippen LogP contribution in [-0.4, -0.2) is 22.8 Å². The Kier molecular flexibility index (Phi) is 3.58. The first-order valence-electron chi connectivity index (χ1n) is 4.40. The van der Waals surface area contributed by atoms with Gasteiger partial charge in [-0.3, -0.25) is 0 Å². The highest BCUT2D eigenvalue weighted by atomic mass is 35.5. The summed E-state index contributed by atoms with van der Waals surface area (Å²) in [6, 6.07) is 0. The van der Waals surface area contributed by atoms with Crippen LogP contribution in [0.4, 0.5) is 0 Å². The van der Waals surface area contributed by atoms with Crippen molar-refractivity contribution in [1.82, 2.24) is 9.78 Å². The van der Waals surface area contributed by atoms with E-state index in [-0.39, 0.29) is 0 Å². The monoisotopic (exact) mass is 214 g/mol. The highest BCUT2D eigenvalue weighted by molar-refractivity contribution is 6.19. The molecule has 0 aromatic carbocycles. The summed E-state index contributed by atoms with van der Waals surface area (Å²) < 4.78 is 6.98. The molecule has 0 saturated carbocycles. The van der Waals surface area contributed by atoms with E-state index < -0.39 is 0 Å². The van der Waals surface area contributed by atoms with Crippen LogP contribution in [0.15, 0.2) is 5.57 Å². The van der Waals surface area contributed by atoms with Crippen molar-refractivity contribution in [3.63, 3.8) is 0 Å². The van der Waals surface area contributed by atoms with Gasteiger partial charge in [0.25, 0.3) is 0 Å². The van der Waals surface area contributed by atoms with E-state index in [9.17, 15) is 0 Å². The standard InChI is InChI=1S/C10H15ClN2O/c1-7(6-11)5-9-8(2)12-13(3)10(9)14-4/h5H,6H2,1-4H3/b7-5-. The van der Waals surface area contributed by atoms with Crippen LogP contribution in [0.5, 0.6) is 5.88 Å². The first-order chi connectivity index (χ1) is 6.60. The lowest BCUT2D eigenvalue weighted by Gasteiger charge is -2.01. The van der Waals surface area contributed by atoms with Gasteiger partial charge in [-0.1, -0.05) is 5.57 Å². The molecule has 4 heteroatoms. The van der Waals surface area contributed by atoms with Crippen molar-refractivity contribution in [2.45, 2.75) is 13.8 Å². The molecule has 0 saturated heterocycles. The van der Waals surface area contributed by atoms with Crippen LogP contribution >= 0.6 is 11.6 Å². The number of hydrogen-bond donors (Lipinski definition) is 0. The van der Waals surface area contributed by atoms with Gasteiger partial charge in [0, 0.05) is 12.9 Å². The molecule has 1 rings (SSSR count). The summed E-state index contributed by atoms with van der Waals surface area (Å²) in [6.07, 6.45) is 2.01. The summed E-state index contributed by atoms with van der Waals surface area (Å²) in [5, 5.41) is 4.27. The molecule has 0 aliphatic heterocycles. The maximum atomic E-state index is 5.72. The zero-order chi connectivity index (χ0) is 10.7. The minimum absolute atomic E-state index is 0.525. The zero-order valence-corrected chi connectivity index (χ0v) is 9.72. The number of alkyl halides is 1. The topological polar surface area (TPSA) is 27.1 Å². The maximum absolute atomic E-state index is 5.72. The van der Waals surface area contributed by atoms with E-state index in [1.807, 2.05) is 27.0 Å². The molecule has 3 nitrogen and oxygen atoms in total. The lowest BCUT2D eigenvalue weighted by molar-refractivity contribution is 0.372. The summed E-state index contributed by atoms with van der Waals surface area (Å²) in [7, 11) is 3.50. The van der Waals surface area contributed by atoms with Gasteiger partial charge in [0.2, 0.25) is 5.88 Å². The fourth-order valence-electron chi connectivity index (χ4n) is 1.35. The largest absolute Gasteiger partial charge is 0.481 e. The van der Waals surface area contributed by atoms with Crippen molar-refractivity contribution in [2.24, 2.45) is 7.05 Å².